The molecule has 100 valence electrons. The molecule has 0 spiro atoms. The molecule has 2 aromatic rings. The van der Waals surface area contributed by atoms with Gasteiger partial charge in [-0.05, 0) is 12.0 Å². The van der Waals surface area contributed by atoms with Crippen molar-refractivity contribution >= 4 is 0 Å². The second-order valence-corrected chi connectivity index (χ2v) is 5.48. The lowest BCUT2D eigenvalue weighted by atomic mass is 10.0. The number of aromatic nitrogens is 3. The summed E-state index contributed by atoms with van der Waals surface area (Å²) in [6, 6.07) is 12.0. The summed E-state index contributed by atoms with van der Waals surface area (Å²) in [5, 5.41) is 13.4. The maximum absolute atomic E-state index is 14.1. The smallest absolute Gasteiger partial charge is 0.162 e. The van der Waals surface area contributed by atoms with Gasteiger partial charge in [0, 0.05) is 12.3 Å². The summed E-state index contributed by atoms with van der Waals surface area (Å²) < 4.78 is 15.9. The molecule has 1 aliphatic carbocycles. The third kappa shape index (κ3) is 1.64. The number of halogens is 1. The van der Waals surface area contributed by atoms with Crippen molar-refractivity contribution in [1.82, 2.24) is 14.8 Å². The van der Waals surface area contributed by atoms with Crippen molar-refractivity contribution < 1.29 is 4.39 Å². The van der Waals surface area contributed by atoms with E-state index in [1.165, 1.54) is 0 Å². The van der Waals surface area contributed by atoms with Crippen LogP contribution in [0.25, 0.3) is 0 Å². The Bertz CT molecular complexity index is 688. The highest BCUT2D eigenvalue weighted by atomic mass is 19.1. The zero-order chi connectivity index (χ0) is 13.7. The van der Waals surface area contributed by atoms with Gasteiger partial charge in [-0.25, -0.2) is 14.1 Å². The first kappa shape index (κ1) is 11.6. The zero-order valence-corrected chi connectivity index (χ0v) is 10.8. The lowest BCUT2D eigenvalue weighted by molar-refractivity contribution is 0.328. The average Bonchev–Trinajstić information content (AvgIpc) is 3.04. The molecule has 4 rings (SSSR count). The molecule has 1 saturated carbocycles. The Morgan fingerprint density at radius 3 is 2.75 bits per heavy atom. The van der Waals surface area contributed by atoms with Crippen LogP contribution < -0.4 is 0 Å². The van der Waals surface area contributed by atoms with Gasteiger partial charge in [-0.15, -0.1) is 0 Å². The molecule has 0 bridgehead atoms. The predicted molar refractivity (Wildman–Crippen MR) is 69.5 cm³/mol. The minimum Gasteiger partial charge on any atom is -0.239 e. The predicted octanol–water partition coefficient (Wildman–Crippen LogP) is 2.91. The molecule has 2 aliphatic rings. The van der Waals surface area contributed by atoms with Crippen LogP contribution in [0.3, 0.4) is 0 Å². The maximum atomic E-state index is 14.1. The lowest BCUT2D eigenvalue weighted by Gasteiger charge is -2.11. The third-order valence-corrected chi connectivity index (χ3v) is 4.15. The van der Waals surface area contributed by atoms with Gasteiger partial charge in [0.2, 0.25) is 0 Å². The molecule has 4 atom stereocenters. The van der Waals surface area contributed by atoms with E-state index in [9.17, 15) is 4.39 Å². The normalized spacial score (nSPS) is 30.8. The molecule has 5 heteroatoms. The van der Waals surface area contributed by atoms with Crippen molar-refractivity contribution in [1.29, 1.82) is 5.26 Å². The van der Waals surface area contributed by atoms with Gasteiger partial charge in [-0.3, -0.25) is 0 Å². The molecule has 0 amide bonds. The number of hydrogen-bond donors (Lipinski definition) is 0. The molecule has 0 radical (unpaired) electrons. The summed E-state index contributed by atoms with van der Waals surface area (Å²) in [7, 11) is 0. The Morgan fingerprint density at radius 2 is 2.05 bits per heavy atom. The van der Waals surface area contributed by atoms with E-state index in [4.69, 9.17) is 5.26 Å². The van der Waals surface area contributed by atoms with E-state index in [1.54, 1.807) is 4.68 Å². The highest BCUT2D eigenvalue weighted by Crippen LogP contribution is 2.47. The molecule has 1 aromatic heterocycles. The molecule has 1 aromatic carbocycles. The van der Waals surface area contributed by atoms with Crippen LogP contribution in [0.2, 0.25) is 0 Å². The number of benzene rings is 1. The standard InChI is InChI=1S/C15H13FN4/c16-12-7-13(9-4-2-1-3-5-9)20-15(12)18-14(19-20)11-6-10(11)8-17/h1-5,10-13H,6-7H2/t10-,11+,12-,13-/m0/s1. The largest absolute Gasteiger partial charge is 0.239 e. The topological polar surface area (TPSA) is 54.5 Å². The second-order valence-electron chi connectivity index (χ2n) is 5.48. The Balaban J connectivity index is 1.70. The quantitative estimate of drug-likeness (QED) is 0.841. The highest BCUT2D eigenvalue weighted by Gasteiger charge is 2.44. The first-order chi connectivity index (χ1) is 9.78. The number of rotatable bonds is 2. The van der Waals surface area contributed by atoms with E-state index in [-0.39, 0.29) is 17.9 Å². The average molecular weight is 268 g/mol. The molecular weight excluding hydrogens is 255 g/mol. The molecule has 1 aliphatic heterocycles. The highest BCUT2D eigenvalue weighted by molar-refractivity contribution is 5.25. The van der Waals surface area contributed by atoms with Gasteiger partial charge in [-0.1, -0.05) is 30.3 Å². The summed E-state index contributed by atoms with van der Waals surface area (Å²) in [5.41, 5.74) is 1.05. The molecule has 1 fully saturated rings. The van der Waals surface area contributed by atoms with Crippen LogP contribution in [0.15, 0.2) is 30.3 Å². The minimum atomic E-state index is -1.07. The van der Waals surface area contributed by atoms with Gasteiger partial charge >= 0.3 is 0 Å². The van der Waals surface area contributed by atoms with E-state index >= 15 is 0 Å². The van der Waals surface area contributed by atoms with Gasteiger partial charge < -0.3 is 0 Å². The summed E-state index contributed by atoms with van der Waals surface area (Å²) in [5.74, 6) is 1.15. The summed E-state index contributed by atoms with van der Waals surface area (Å²) in [6.45, 7) is 0. The number of nitriles is 1. The minimum absolute atomic E-state index is 0.00589. The number of hydrogen-bond acceptors (Lipinski definition) is 3. The van der Waals surface area contributed by atoms with E-state index in [0.717, 1.165) is 12.0 Å². The van der Waals surface area contributed by atoms with Crippen LogP contribution in [-0.2, 0) is 0 Å². The van der Waals surface area contributed by atoms with Gasteiger partial charge in [0.25, 0.3) is 0 Å². The first-order valence-electron chi connectivity index (χ1n) is 6.83. The van der Waals surface area contributed by atoms with Gasteiger partial charge in [-0.2, -0.15) is 10.4 Å². The molecule has 0 N–H and O–H groups in total. The van der Waals surface area contributed by atoms with Crippen molar-refractivity contribution in [2.75, 3.05) is 0 Å². The Morgan fingerprint density at radius 1 is 1.25 bits per heavy atom. The summed E-state index contributed by atoms with van der Waals surface area (Å²) in [4.78, 5) is 4.33. The van der Waals surface area contributed by atoms with Crippen LogP contribution >= 0.6 is 0 Å². The van der Waals surface area contributed by atoms with E-state index in [2.05, 4.69) is 16.2 Å². The third-order valence-electron chi connectivity index (χ3n) is 4.15. The number of nitrogens with zero attached hydrogens (tertiary/aromatic N) is 4. The molecule has 0 saturated heterocycles. The van der Waals surface area contributed by atoms with Gasteiger partial charge in [0.15, 0.2) is 17.8 Å². The monoisotopic (exact) mass is 268 g/mol. The Kier molecular flexibility index (Phi) is 2.40. The van der Waals surface area contributed by atoms with Crippen molar-refractivity contribution in [2.45, 2.75) is 31.0 Å². The van der Waals surface area contributed by atoms with Crippen LogP contribution in [0.4, 0.5) is 4.39 Å². The fraction of sp³-hybridized carbons (Fsp3) is 0.400. The van der Waals surface area contributed by atoms with Crippen LogP contribution in [0, 0.1) is 17.2 Å². The second kappa shape index (κ2) is 4.14. The molecule has 2 heterocycles. The van der Waals surface area contributed by atoms with Crippen molar-refractivity contribution in [2.24, 2.45) is 5.92 Å². The number of alkyl halides is 1. The molecule has 4 nitrogen and oxygen atoms in total. The van der Waals surface area contributed by atoms with Crippen LogP contribution in [0.1, 0.15) is 48.2 Å². The van der Waals surface area contributed by atoms with Crippen molar-refractivity contribution in [3.05, 3.63) is 47.5 Å². The van der Waals surface area contributed by atoms with Crippen molar-refractivity contribution in [3.8, 4) is 6.07 Å². The molecule has 20 heavy (non-hydrogen) atoms. The molecule has 0 unspecified atom stereocenters. The molecular formula is C15H13FN4. The number of fused-ring (bicyclic) bond motifs is 1. The maximum Gasteiger partial charge on any atom is 0.162 e. The van der Waals surface area contributed by atoms with E-state index in [1.807, 2.05) is 30.3 Å². The van der Waals surface area contributed by atoms with Crippen LogP contribution in [-0.4, -0.2) is 14.8 Å². The summed E-state index contributed by atoms with van der Waals surface area (Å²) in [6.07, 6.45) is 0.125. The Labute approximate surface area is 115 Å². The van der Waals surface area contributed by atoms with Crippen molar-refractivity contribution in [3.63, 3.8) is 0 Å². The fourth-order valence-corrected chi connectivity index (χ4v) is 2.93. The summed E-state index contributed by atoms with van der Waals surface area (Å²) >= 11 is 0. The fourth-order valence-electron chi connectivity index (χ4n) is 2.93. The van der Waals surface area contributed by atoms with Gasteiger partial charge in [0.05, 0.1) is 18.0 Å². The van der Waals surface area contributed by atoms with E-state index in [0.29, 0.717) is 18.1 Å². The zero-order valence-electron chi connectivity index (χ0n) is 10.8. The first-order valence-corrected chi connectivity index (χ1v) is 6.83. The van der Waals surface area contributed by atoms with Crippen LogP contribution in [0.5, 0.6) is 0 Å². The Hall–Kier alpha value is -2.22. The van der Waals surface area contributed by atoms with Gasteiger partial charge in [0.1, 0.15) is 0 Å². The lowest BCUT2D eigenvalue weighted by Crippen LogP contribution is -2.07. The SMILES string of the molecule is N#C[C@@H]1C[C@H]1c1nc2n(n1)[C@H](c1ccccc1)C[C@@H]2F. The van der Waals surface area contributed by atoms with E-state index < -0.39 is 6.17 Å².